The van der Waals surface area contributed by atoms with E-state index in [1.807, 2.05) is 112 Å². The molecule has 14 bridgehead atoms. The second kappa shape index (κ2) is 35.7. The SMILES string of the molecule is CCCCCCc1ccc(N(c2ccc(C3=C4N=C(C(Br)=C4Br)C(c4ccccc4OC)=c4c(Br)c(Br)c5cc6c(Br)c(Br)c([n+]=6on45)=C(c4ccccc4OC)c4[nH]c3c(Br)c4Br)cc2)c2ccc(-c3c4nc(c(-c5ccccc5OC)c5[nH]c(cc6nc(c(-c7ccccc7OC)c7[nH]c3c(Br)c7Br)C(Br)=C6Br)c(Br)c5Br)C(Br)=C4Br)cc2)cc1. The zero-order chi connectivity index (χ0) is 85.3. The number of ether oxygens (including phenoxy) is 4. The molecule has 0 saturated heterocycles. The molecule has 11 heterocycles. The molecule has 6 aliphatic rings. The smallest absolute Gasteiger partial charge is 0.199 e. The van der Waals surface area contributed by atoms with Gasteiger partial charge in [0.1, 0.15) is 23.0 Å². The molecule has 12 aromatic rings. The van der Waals surface area contributed by atoms with Gasteiger partial charge in [-0.05, 0) is 360 Å². The largest absolute Gasteiger partial charge is 0.496 e. The summed E-state index contributed by atoms with van der Waals surface area (Å²) < 4.78 is 47.6. The molecule has 30 heteroatoms. The van der Waals surface area contributed by atoms with Crippen molar-refractivity contribution in [3.8, 4) is 56.4 Å². The van der Waals surface area contributed by atoms with Crippen LogP contribution in [0.3, 0.4) is 0 Å². The molecular formula is C92H58Br16N9O5+. The molecule has 0 atom stereocenters. The zero-order valence-electron chi connectivity index (χ0n) is 64.1. The van der Waals surface area contributed by atoms with Crippen molar-refractivity contribution in [3.63, 3.8) is 0 Å². The highest BCUT2D eigenvalue weighted by Crippen LogP contribution is 2.56. The van der Waals surface area contributed by atoms with Crippen molar-refractivity contribution in [2.75, 3.05) is 33.3 Å². The first-order valence-corrected chi connectivity index (χ1v) is 50.4. The normalized spacial score (nSPS) is 13.5. The van der Waals surface area contributed by atoms with Gasteiger partial charge in [-0.15, -0.1) is 4.63 Å². The van der Waals surface area contributed by atoms with Gasteiger partial charge < -0.3 is 38.8 Å². The third-order valence-corrected chi connectivity index (χ3v) is 38.6. The molecule has 18 rings (SSSR count). The van der Waals surface area contributed by atoms with Gasteiger partial charge in [0.05, 0.1) is 179 Å². The van der Waals surface area contributed by atoms with Crippen LogP contribution in [0, 0.1) is 5.36 Å². The standard InChI is InChI=1S/C92H57Br16N9O5/c1-6-7-8-9-18-41-27-33-44(34-28-41)115(45-35-29-42(30-36-45)59-81-71(99)75(103)87(111-81)61(47-19-10-14-23-55(47)118-2)85-69(97)65(93)51(109-85)39-52-66(94)70(98)86(110-52)62(48-20-11-15-24-56(48)119-3)88-76(104)72(100)82(59)112-88)46-37-31-43(32-38-46)60-83-73(101)77(105)89(113-83)63(49-21-12-16-25-57(49)120-4)91-79(107)67(95)53-40-54-68(96)80(108)92(117(54)122-116(53)91)64(50-22-13-17-26-58(50)121-5)90-78(106)74(102)84(60)114-90/h10-17,19-40H,6-9,18H2,1-5H3,(H2,109,110,111,112,113,114)/p+1. The lowest BCUT2D eigenvalue weighted by atomic mass is 9.99. The molecule has 0 saturated carbocycles. The molecule has 0 radical (unpaired) electrons. The number of halogens is 16. The average Bonchev–Trinajstić information content (AvgIpc) is 1.55. The van der Waals surface area contributed by atoms with Gasteiger partial charge in [-0.3, -0.25) is 0 Å². The first kappa shape index (κ1) is 86.9. The van der Waals surface area contributed by atoms with E-state index in [0.717, 1.165) is 175 Å². The Morgan fingerprint density at radius 2 is 0.877 bits per heavy atom. The Morgan fingerprint density at radius 3 is 1.44 bits per heavy atom. The summed E-state index contributed by atoms with van der Waals surface area (Å²) in [5.74, 6) is 2.52. The molecule has 612 valence electrons. The Labute approximate surface area is 834 Å². The highest BCUT2D eigenvalue weighted by molar-refractivity contribution is 9.19. The number of methoxy groups -OCH3 is 4. The number of fused-ring (bicyclic) bond motifs is 11. The maximum Gasteiger partial charge on any atom is 0.199 e. The summed E-state index contributed by atoms with van der Waals surface area (Å²) in [6, 6.07) is 62.3. The Bertz CT molecular complexity index is 7340. The number of para-hydroxylation sites is 4. The van der Waals surface area contributed by atoms with E-state index in [0.29, 0.717) is 118 Å². The van der Waals surface area contributed by atoms with Crippen LogP contribution in [0.1, 0.15) is 89.0 Å². The van der Waals surface area contributed by atoms with Crippen LogP contribution in [-0.2, 0) is 6.42 Å². The van der Waals surface area contributed by atoms with Crippen LogP contribution >= 0.6 is 255 Å². The third-order valence-electron chi connectivity index (χ3n) is 21.8. The van der Waals surface area contributed by atoms with Gasteiger partial charge in [0.2, 0.25) is 0 Å². The molecule has 0 amide bonds. The van der Waals surface area contributed by atoms with Crippen molar-refractivity contribution in [2.45, 2.75) is 39.0 Å². The maximum atomic E-state index is 7.38. The van der Waals surface area contributed by atoms with Gasteiger partial charge in [0.15, 0.2) is 21.6 Å². The summed E-state index contributed by atoms with van der Waals surface area (Å²) in [6.07, 6.45) is 5.58. The van der Waals surface area contributed by atoms with Gasteiger partial charge in [0, 0.05) is 67.6 Å². The second-order valence-electron chi connectivity index (χ2n) is 28.5. The number of benzene rings is 7. The fraction of sp³-hybridized carbons (Fsp3) is 0.109. The van der Waals surface area contributed by atoms with Crippen molar-refractivity contribution in [2.24, 2.45) is 4.99 Å². The quantitative estimate of drug-likeness (QED) is 0.0568. The van der Waals surface area contributed by atoms with Crippen LogP contribution in [0.15, 0.2) is 251 Å². The topological polar surface area (TPSA) is 149 Å². The van der Waals surface area contributed by atoms with Gasteiger partial charge in [-0.1, -0.05) is 135 Å². The van der Waals surface area contributed by atoms with E-state index in [4.69, 9.17) is 38.5 Å². The third kappa shape index (κ3) is 14.8. The molecular weight excluding hydrogens is 2590 g/mol. The minimum absolute atomic E-state index is 0.594. The first-order chi connectivity index (χ1) is 59.0. The van der Waals surface area contributed by atoms with E-state index in [1.165, 1.54) is 12.0 Å². The number of hydrogen-bond acceptors (Lipinski definition) is 9. The van der Waals surface area contributed by atoms with Gasteiger partial charge >= 0.3 is 0 Å². The minimum atomic E-state index is 0.594. The summed E-state index contributed by atoms with van der Waals surface area (Å²) in [5.41, 5.74) is 22.0. The van der Waals surface area contributed by atoms with E-state index in [2.05, 4.69) is 361 Å². The van der Waals surface area contributed by atoms with E-state index in [9.17, 15) is 0 Å². The van der Waals surface area contributed by atoms with Crippen LogP contribution in [0.2, 0.25) is 0 Å². The molecule has 0 fully saturated rings. The lowest BCUT2D eigenvalue weighted by molar-refractivity contribution is -0.745. The molecule has 6 aliphatic heterocycles. The number of unbranched alkanes of at least 4 members (excludes halogenated alkanes) is 3. The number of rotatable bonds is 18. The summed E-state index contributed by atoms with van der Waals surface area (Å²) in [7, 11) is 6.72. The number of aryl methyl sites for hydroxylation is 1. The number of hydrogen-bond donors (Lipinski definition) is 3. The van der Waals surface area contributed by atoms with Crippen LogP contribution < -0.4 is 39.0 Å². The summed E-state index contributed by atoms with van der Waals surface area (Å²) in [6.45, 7) is 2.25. The fourth-order valence-corrected chi connectivity index (χ4v) is 23.8. The number of aliphatic imine (C=N–C) groups is 1. The zero-order valence-corrected chi connectivity index (χ0v) is 89.5. The number of nitrogens with zero attached hydrogens (tertiary/aromatic N) is 6. The minimum Gasteiger partial charge on any atom is -0.496 e. The maximum absolute atomic E-state index is 7.38. The number of H-pyrrole nitrogens is 3. The summed E-state index contributed by atoms with van der Waals surface area (Å²) in [4.78, 5) is 31.2. The van der Waals surface area contributed by atoms with Crippen molar-refractivity contribution in [3.05, 3.63) is 314 Å². The molecule has 14 nitrogen and oxygen atoms in total. The average molecular weight is 2650 g/mol. The van der Waals surface area contributed by atoms with Crippen molar-refractivity contribution < 1.29 is 28.0 Å². The Kier molecular flexibility index (Phi) is 25.4. The lowest BCUT2D eigenvalue weighted by Gasteiger charge is -2.26. The number of allylic oxidation sites excluding steroid dienone is 2. The van der Waals surface area contributed by atoms with Crippen molar-refractivity contribution >= 4 is 340 Å². The van der Waals surface area contributed by atoms with Gasteiger partial charge in [-0.2, -0.15) is 0 Å². The first-order valence-electron chi connectivity index (χ1n) is 37.7. The predicted octanol–water partition coefficient (Wildman–Crippen LogP) is 31.2. The van der Waals surface area contributed by atoms with Crippen LogP contribution in [0.4, 0.5) is 17.1 Å². The highest BCUT2D eigenvalue weighted by Gasteiger charge is 2.39. The molecule has 7 aromatic carbocycles. The lowest BCUT2D eigenvalue weighted by Crippen LogP contribution is -2.40. The van der Waals surface area contributed by atoms with E-state index in [1.54, 1.807) is 28.4 Å². The van der Waals surface area contributed by atoms with Crippen LogP contribution in [0.5, 0.6) is 23.0 Å². The molecule has 3 N–H and O–H groups in total. The number of aromatic amines is 3. The predicted molar refractivity (Wildman–Crippen MR) is 549 cm³/mol. The van der Waals surface area contributed by atoms with E-state index < -0.39 is 0 Å². The van der Waals surface area contributed by atoms with Crippen LogP contribution in [0.25, 0.3) is 95.6 Å². The highest BCUT2D eigenvalue weighted by atomic mass is 79.9. The molecule has 122 heavy (non-hydrogen) atoms. The Hall–Kier alpha value is -5.78. The fourth-order valence-electron chi connectivity index (χ4n) is 16.0. The second-order valence-corrected chi connectivity index (χ2v) is 41.2. The summed E-state index contributed by atoms with van der Waals surface area (Å²) in [5, 5.41) is 2.05. The van der Waals surface area contributed by atoms with Gasteiger partial charge in [0.25, 0.3) is 0 Å². The van der Waals surface area contributed by atoms with Crippen molar-refractivity contribution in [1.29, 1.82) is 0 Å². The number of aromatic nitrogens is 7. The number of anilines is 3. The van der Waals surface area contributed by atoms with E-state index in [-0.39, 0.29) is 0 Å². The monoisotopic (exact) mass is 2630 g/mol. The molecule has 0 aliphatic carbocycles. The molecule has 0 unspecified atom stereocenters. The molecule has 5 aromatic heterocycles. The van der Waals surface area contributed by atoms with Crippen molar-refractivity contribution in [1.82, 2.24) is 29.5 Å². The van der Waals surface area contributed by atoms with E-state index >= 15 is 0 Å². The molecule has 0 spiro atoms. The Balaban J connectivity index is 0.888. The summed E-state index contributed by atoms with van der Waals surface area (Å²) >= 11 is 66.0. The number of nitrogens with one attached hydrogen (secondary N) is 3. The van der Waals surface area contributed by atoms with Gasteiger partial charge in [-0.25, -0.2) is 15.0 Å². The Morgan fingerprint density at radius 1 is 0.402 bits per heavy atom. The van der Waals surface area contributed by atoms with Crippen LogP contribution in [-0.4, -0.2) is 63.6 Å².